The minimum Gasteiger partial charge on any atom is -0.407 e. The maximum Gasteiger partial charge on any atom is 0.363 e. The highest BCUT2D eigenvalue weighted by atomic mass is 19.1. The molecule has 3 nitrogen and oxygen atoms in total. The highest BCUT2D eigenvalue weighted by Gasteiger charge is 2.21. The van der Waals surface area contributed by atoms with E-state index in [1.54, 1.807) is 18.2 Å². The van der Waals surface area contributed by atoms with E-state index in [9.17, 15) is 9.18 Å². The van der Waals surface area contributed by atoms with Crippen molar-refractivity contribution in [3.8, 4) is 0 Å². The van der Waals surface area contributed by atoms with Crippen molar-refractivity contribution in [1.29, 1.82) is 0 Å². The second-order valence-electron chi connectivity index (χ2n) is 3.33. The molecule has 1 heterocycles. The van der Waals surface area contributed by atoms with Crippen molar-refractivity contribution in [1.82, 2.24) is 0 Å². The average molecular weight is 219 g/mol. The first-order valence-electron chi connectivity index (χ1n) is 4.96. The molecular formula is C12H10FNO2. The fourth-order valence-corrected chi connectivity index (χ4v) is 1.32. The van der Waals surface area contributed by atoms with E-state index < -0.39 is 5.97 Å². The number of esters is 1. The van der Waals surface area contributed by atoms with Crippen LogP contribution in [0.4, 0.5) is 4.39 Å². The summed E-state index contributed by atoms with van der Waals surface area (Å²) in [7, 11) is 0. The monoisotopic (exact) mass is 219 g/mol. The van der Waals surface area contributed by atoms with Crippen molar-refractivity contribution in [3.63, 3.8) is 0 Å². The van der Waals surface area contributed by atoms with Crippen molar-refractivity contribution >= 4 is 17.9 Å². The molecular weight excluding hydrogens is 209 g/mol. The Morgan fingerprint density at radius 1 is 1.38 bits per heavy atom. The fourth-order valence-electron chi connectivity index (χ4n) is 1.32. The molecule has 82 valence electrons. The van der Waals surface area contributed by atoms with E-state index in [0.717, 1.165) is 5.56 Å². The zero-order chi connectivity index (χ0) is 11.5. The standard InChI is InChI=1S/C12H10FNO2/c1-2-11-14-10(12(15)16-11)7-8-3-5-9(13)6-4-8/h3-7H,2H2,1H3/b10-7+. The van der Waals surface area contributed by atoms with E-state index in [-0.39, 0.29) is 11.5 Å². The number of rotatable bonds is 2. The molecule has 0 amide bonds. The summed E-state index contributed by atoms with van der Waals surface area (Å²) >= 11 is 0. The van der Waals surface area contributed by atoms with Gasteiger partial charge in [0.05, 0.1) is 0 Å². The summed E-state index contributed by atoms with van der Waals surface area (Å²) in [6.45, 7) is 1.85. The Bertz CT molecular complexity index is 474. The van der Waals surface area contributed by atoms with Crippen LogP contribution in [0.2, 0.25) is 0 Å². The van der Waals surface area contributed by atoms with Gasteiger partial charge in [-0.25, -0.2) is 14.2 Å². The highest BCUT2D eigenvalue weighted by Crippen LogP contribution is 2.16. The zero-order valence-electron chi connectivity index (χ0n) is 8.74. The largest absolute Gasteiger partial charge is 0.407 e. The third-order valence-corrected chi connectivity index (χ3v) is 2.14. The van der Waals surface area contributed by atoms with Crippen LogP contribution in [-0.2, 0) is 9.53 Å². The maximum atomic E-state index is 12.7. The Morgan fingerprint density at radius 3 is 2.62 bits per heavy atom. The van der Waals surface area contributed by atoms with Gasteiger partial charge >= 0.3 is 5.97 Å². The van der Waals surface area contributed by atoms with Gasteiger partial charge in [0.2, 0.25) is 0 Å². The number of carbonyl (C=O) groups excluding carboxylic acids is 1. The summed E-state index contributed by atoms with van der Waals surface area (Å²) in [5.74, 6) is -0.353. The maximum absolute atomic E-state index is 12.7. The highest BCUT2D eigenvalue weighted by molar-refractivity contribution is 6.07. The first-order valence-corrected chi connectivity index (χ1v) is 4.96. The second kappa shape index (κ2) is 4.26. The molecule has 1 aromatic rings. The van der Waals surface area contributed by atoms with Gasteiger partial charge in [0.15, 0.2) is 11.6 Å². The third kappa shape index (κ3) is 2.16. The van der Waals surface area contributed by atoms with Crippen LogP contribution >= 0.6 is 0 Å². The molecule has 0 atom stereocenters. The van der Waals surface area contributed by atoms with Crippen molar-refractivity contribution in [2.24, 2.45) is 4.99 Å². The average Bonchev–Trinajstić information content (AvgIpc) is 2.63. The lowest BCUT2D eigenvalue weighted by molar-refractivity contribution is -0.130. The Labute approximate surface area is 92.3 Å². The minimum atomic E-state index is -0.457. The van der Waals surface area contributed by atoms with E-state index in [0.29, 0.717) is 12.3 Å². The van der Waals surface area contributed by atoms with E-state index in [1.807, 2.05) is 6.92 Å². The number of hydrogen-bond donors (Lipinski definition) is 0. The molecule has 16 heavy (non-hydrogen) atoms. The van der Waals surface area contributed by atoms with Crippen LogP contribution in [0.15, 0.2) is 35.0 Å². The number of ether oxygens (including phenoxy) is 1. The van der Waals surface area contributed by atoms with Crippen LogP contribution in [0.5, 0.6) is 0 Å². The third-order valence-electron chi connectivity index (χ3n) is 2.14. The minimum absolute atomic E-state index is 0.253. The molecule has 0 unspecified atom stereocenters. The van der Waals surface area contributed by atoms with Gasteiger partial charge in [0.25, 0.3) is 0 Å². The summed E-state index contributed by atoms with van der Waals surface area (Å²) in [4.78, 5) is 15.4. The number of cyclic esters (lactones) is 1. The molecule has 0 N–H and O–H groups in total. The van der Waals surface area contributed by atoms with Crippen molar-refractivity contribution in [3.05, 3.63) is 41.3 Å². The number of halogens is 1. The SMILES string of the molecule is CCC1=N/C(=C/c2ccc(F)cc2)C(=O)O1. The van der Waals surface area contributed by atoms with Crippen LogP contribution in [0.3, 0.4) is 0 Å². The summed E-state index contributed by atoms with van der Waals surface area (Å²) in [5, 5.41) is 0. The van der Waals surface area contributed by atoms with Gasteiger partial charge in [-0.2, -0.15) is 0 Å². The molecule has 0 saturated heterocycles. The van der Waals surface area contributed by atoms with Gasteiger partial charge in [0, 0.05) is 6.42 Å². The topological polar surface area (TPSA) is 38.7 Å². The molecule has 0 spiro atoms. The van der Waals surface area contributed by atoms with E-state index >= 15 is 0 Å². The van der Waals surface area contributed by atoms with Crippen molar-refractivity contribution in [2.45, 2.75) is 13.3 Å². The summed E-state index contributed by atoms with van der Waals surface area (Å²) < 4.78 is 17.5. The lowest BCUT2D eigenvalue weighted by Gasteiger charge is -1.93. The van der Waals surface area contributed by atoms with Gasteiger partial charge in [-0.1, -0.05) is 19.1 Å². The molecule has 4 heteroatoms. The quantitative estimate of drug-likeness (QED) is 0.566. The molecule has 2 rings (SSSR count). The number of hydrogen-bond acceptors (Lipinski definition) is 3. The normalized spacial score (nSPS) is 17.5. The predicted molar refractivity (Wildman–Crippen MR) is 58.2 cm³/mol. The van der Waals surface area contributed by atoms with Gasteiger partial charge in [0.1, 0.15) is 5.82 Å². The van der Waals surface area contributed by atoms with Crippen LogP contribution in [0.1, 0.15) is 18.9 Å². The first kappa shape index (κ1) is 10.5. The molecule has 1 aliphatic heterocycles. The molecule has 0 fully saturated rings. The number of aliphatic imine (C=N–C) groups is 1. The summed E-state index contributed by atoms with van der Waals surface area (Å²) in [6.07, 6.45) is 2.15. The fraction of sp³-hybridized carbons (Fsp3) is 0.167. The predicted octanol–water partition coefficient (Wildman–Crippen LogP) is 2.53. The molecule has 1 aliphatic rings. The zero-order valence-corrected chi connectivity index (χ0v) is 8.74. The van der Waals surface area contributed by atoms with Gasteiger partial charge < -0.3 is 4.74 Å². The molecule has 0 bridgehead atoms. The van der Waals surface area contributed by atoms with Crippen LogP contribution in [0, 0.1) is 5.82 Å². The summed E-state index contributed by atoms with van der Waals surface area (Å²) in [6, 6.07) is 5.82. The van der Waals surface area contributed by atoms with Crippen LogP contribution in [0.25, 0.3) is 6.08 Å². The number of benzene rings is 1. The van der Waals surface area contributed by atoms with E-state index in [1.165, 1.54) is 12.1 Å². The lowest BCUT2D eigenvalue weighted by Crippen LogP contribution is -2.02. The molecule has 0 saturated carbocycles. The molecule has 0 radical (unpaired) electrons. The van der Waals surface area contributed by atoms with Gasteiger partial charge in [-0.3, -0.25) is 0 Å². The Balaban J connectivity index is 2.28. The number of carbonyl (C=O) groups is 1. The van der Waals surface area contributed by atoms with E-state index in [2.05, 4.69) is 4.99 Å². The molecule has 1 aromatic carbocycles. The van der Waals surface area contributed by atoms with Gasteiger partial charge in [-0.15, -0.1) is 0 Å². The van der Waals surface area contributed by atoms with Crippen molar-refractivity contribution in [2.75, 3.05) is 0 Å². The van der Waals surface area contributed by atoms with Gasteiger partial charge in [-0.05, 0) is 23.8 Å². The Morgan fingerprint density at radius 2 is 2.06 bits per heavy atom. The first-order chi connectivity index (χ1) is 7.69. The molecule has 0 aromatic heterocycles. The molecule has 0 aliphatic carbocycles. The Hall–Kier alpha value is -1.97. The Kier molecular flexibility index (Phi) is 2.81. The smallest absolute Gasteiger partial charge is 0.363 e. The van der Waals surface area contributed by atoms with E-state index in [4.69, 9.17) is 4.74 Å². The van der Waals surface area contributed by atoms with Crippen molar-refractivity contribution < 1.29 is 13.9 Å². The van der Waals surface area contributed by atoms with Crippen LogP contribution in [-0.4, -0.2) is 11.9 Å². The lowest BCUT2D eigenvalue weighted by atomic mass is 10.2. The number of nitrogens with zero attached hydrogens (tertiary/aromatic N) is 1. The summed E-state index contributed by atoms with van der Waals surface area (Å²) in [5.41, 5.74) is 0.970. The van der Waals surface area contributed by atoms with Crippen LogP contribution < -0.4 is 0 Å². The second-order valence-corrected chi connectivity index (χ2v) is 3.33.